The van der Waals surface area contributed by atoms with Crippen LogP contribution in [0.3, 0.4) is 0 Å². The standard InChI is InChI=1S/C10H16N4O4S/c1-14(2)19(17,18)4-3-12-8-6-13-9(11)5-7(8)10(15)16/h5-6,12H,3-4H2,1-2H3,(H2,11,13)(H,15,16). The van der Waals surface area contributed by atoms with E-state index in [1.165, 1.54) is 26.4 Å². The fourth-order valence-electron chi connectivity index (χ4n) is 1.29. The number of hydrogen-bond acceptors (Lipinski definition) is 6. The molecule has 0 aromatic carbocycles. The maximum atomic E-state index is 11.5. The van der Waals surface area contributed by atoms with Crippen LogP contribution in [0.25, 0.3) is 0 Å². The Labute approximate surface area is 111 Å². The van der Waals surface area contributed by atoms with Gasteiger partial charge in [0.15, 0.2) is 0 Å². The number of nitrogen functional groups attached to an aromatic ring is 1. The summed E-state index contributed by atoms with van der Waals surface area (Å²) in [6.07, 6.45) is 1.26. The van der Waals surface area contributed by atoms with Gasteiger partial charge < -0.3 is 16.2 Å². The average Bonchev–Trinajstić information content (AvgIpc) is 2.30. The van der Waals surface area contributed by atoms with Crippen LogP contribution in [0.2, 0.25) is 0 Å². The predicted octanol–water partition coefficient (Wildman–Crippen LogP) is -0.335. The molecule has 0 aliphatic heterocycles. The van der Waals surface area contributed by atoms with Crippen LogP contribution < -0.4 is 11.1 Å². The van der Waals surface area contributed by atoms with E-state index in [4.69, 9.17) is 10.8 Å². The number of nitrogens with one attached hydrogen (secondary N) is 1. The van der Waals surface area contributed by atoms with E-state index in [1.54, 1.807) is 0 Å². The third-order valence-electron chi connectivity index (χ3n) is 2.39. The van der Waals surface area contributed by atoms with Gasteiger partial charge in [0.2, 0.25) is 10.0 Å². The number of sulfonamides is 1. The Morgan fingerprint density at radius 3 is 2.68 bits per heavy atom. The molecule has 0 bridgehead atoms. The molecule has 106 valence electrons. The highest BCUT2D eigenvalue weighted by molar-refractivity contribution is 7.89. The van der Waals surface area contributed by atoms with E-state index in [-0.39, 0.29) is 29.4 Å². The number of carboxylic acid groups (broad SMARTS) is 1. The van der Waals surface area contributed by atoms with Crippen LogP contribution in [0.5, 0.6) is 0 Å². The molecule has 19 heavy (non-hydrogen) atoms. The summed E-state index contributed by atoms with van der Waals surface area (Å²) in [6, 6.07) is 1.21. The molecule has 0 fully saturated rings. The lowest BCUT2D eigenvalue weighted by molar-refractivity contribution is 0.0698. The van der Waals surface area contributed by atoms with Gasteiger partial charge in [0.05, 0.1) is 23.2 Å². The van der Waals surface area contributed by atoms with Crippen molar-refractivity contribution in [3.8, 4) is 0 Å². The summed E-state index contributed by atoms with van der Waals surface area (Å²) in [6.45, 7) is 0.0758. The Morgan fingerprint density at radius 1 is 1.53 bits per heavy atom. The molecule has 0 saturated heterocycles. The second kappa shape index (κ2) is 5.85. The molecular weight excluding hydrogens is 272 g/mol. The fraction of sp³-hybridized carbons (Fsp3) is 0.400. The van der Waals surface area contributed by atoms with Gasteiger partial charge in [0.1, 0.15) is 5.82 Å². The van der Waals surface area contributed by atoms with E-state index >= 15 is 0 Å². The zero-order valence-electron chi connectivity index (χ0n) is 10.6. The number of pyridine rings is 1. The summed E-state index contributed by atoms with van der Waals surface area (Å²) < 4.78 is 24.2. The van der Waals surface area contributed by atoms with Gasteiger partial charge in [-0.1, -0.05) is 0 Å². The lowest BCUT2D eigenvalue weighted by Gasteiger charge is -2.13. The van der Waals surface area contributed by atoms with Gasteiger partial charge in [-0.25, -0.2) is 22.5 Å². The second-order valence-corrected chi connectivity index (χ2v) is 6.29. The minimum absolute atomic E-state index is 0.0465. The topological polar surface area (TPSA) is 126 Å². The highest BCUT2D eigenvalue weighted by Gasteiger charge is 2.15. The number of aromatic carboxylic acids is 1. The Hall–Kier alpha value is -1.87. The second-order valence-electron chi connectivity index (χ2n) is 3.99. The van der Waals surface area contributed by atoms with Crippen molar-refractivity contribution in [3.63, 3.8) is 0 Å². The summed E-state index contributed by atoms with van der Waals surface area (Å²) in [5, 5.41) is 11.7. The van der Waals surface area contributed by atoms with E-state index in [0.29, 0.717) is 0 Å². The lowest BCUT2D eigenvalue weighted by Crippen LogP contribution is -2.28. The molecule has 0 saturated carbocycles. The molecule has 1 rings (SSSR count). The Kier molecular flexibility index (Phi) is 4.67. The monoisotopic (exact) mass is 288 g/mol. The first kappa shape index (κ1) is 15.2. The number of nitrogens with two attached hydrogens (primary N) is 1. The molecule has 0 aliphatic carbocycles. The third kappa shape index (κ3) is 4.07. The van der Waals surface area contributed by atoms with E-state index in [9.17, 15) is 13.2 Å². The van der Waals surface area contributed by atoms with Gasteiger partial charge in [0, 0.05) is 20.6 Å². The Balaban J connectivity index is 2.77. The van der Waals surface area contributed by atoms with Crippen molar-refractivity contribution in [1.29, 1.82) is 0 Å². The molecule has 0 radical (unpaired) electrons. The number of carbonyl (C=O) groups is 1. The molecule has 9 heteroatoms. The first-order valence-corrected chi connectivity index (χ1v) is 6.98. The van der Waals surface area contributed by atoms with Gasteiger partial charge in [-0.2, -0.15) is 0 Å². The fourth-order valence-corrected chi connectivity index (χ4v) is 2.01. The van der Waals surface area contributed by atoms with Crippen LogP contribution in [0.15, 0.2) is 12.3 Å². The predicted molar refractivity (Wildman–Crippen MR) is 71.6 cm³/mol. The summed E-state index contributed by atoms with van der Waals surface area (Å²) in [5.41, 5.74) is 5.58. The van der Waals surface area contributed by atoms with E-state index in [1.807, 2.05) is 0 Å². The van der Waals surface area contributed by atoms with Crippen molar-refractivity contribution in [2.24, 2.45) is 0 Å². The van der Waals surface area contributed by atoms with Crippen LogP contribution in [-0.2, 0) is 10.0 Å². The maximum absolute atomic E-state index is 11.5. The molecule has 1 aromatic heterocycles. The molecule has 0 atom stereocenters. The van der Waals surface area contributed by atoms with Crippen molar-refractivity contribution in [2.75, 3.05) is 37.4 Å². The molecule has 1 aromatic rings. The van der Waals surface area contributed by atoms with Crippen molar-refractivity contribution in [3.05, 3.63) is 17.8 Å². The highest BCUT2D eigenvalue weighted by atomic mass is 32.2. The molecule has 0 spiro atoms. The van der Waals surface area contributed by atoms with Gasteiger partial charge in [-0.15, -0.1) is 0 Å². The number of aromatic nitrogens is 1. The smallest absolute Gasteiger partial charge is 0.337 e. The molecule has 0 unspecified atom stereocenters. The van der Waals surface area contributed by atoms with Gasteiger partial charge >= 0.3 is 5.97 Å². The van der Waals surface area contributed by atoms with E-state index in [2.05, 4.69) is 10.3 Å². The summed E-state index contributed by atoms with van der Waals surface area (Å²) in [7, 11) is -0.465. The molecular formula is C10H16N4O4S. The highest BCUT2D eigenvalue weighted by Crippen LogP contribution is 2.16. The van der Waals surface area contributed by atoms with Gasteiger partial charge in [-0.3, -0.25) is 0 Å². The lowest BCUT2D eigenvalue weighted by atomic mass is 10.2. The minimum Gasteiger partial charge on any atom is -0.478 e. The number of anilines is 2. The van der Waals surface area contributed by atoms with Crippen LogP contribution in [0.1, 0.15) is 10.4 Å². The van der Waals surface area contributed by atoms with Crippen LogP contribution >= 0.6 is 0 Å². The van der Waals surface area contributed by atoms with Gasteiger partial charge in [-0.05, 0) is 6.07 Å². The largest absolute Gasteiger partial charge is 0.478 e. The van der Waals surface area contributed by atoms with E-state index < -0.39 is 16.0 Å². The molecule has 1 heterocycles. The molecule has 4 N–H and O–H groups in total. The Bertz CT molecular complexity index is 571. The summed E-state index contributed by atoms with van der Waals surface area (Å²) in [4.78, 5) is 14.8. The number of carboxylic acids is 1. The SMILES string of the molecule is CN(C)S(=O)(=O)CCNc1cnc(N)cc1C(=O)O. The van der Waals surface area contributed by atoms with Crippen molar-refractivity contribution < 1.29 is 18.3 Å². The van der Waals surface area contributed by atoms with Gasteiger partial charge in [0.25, 0.3) is 0 Å². The molecule has 0 aliphatic rings. The number of hydrogen-bond donors (Lipinski definition) is 3. The zero-order chi connectivity index (χ0) is 14.6. The van der Waals surface area contributed by atoms with E-state index in [0.717, 1.165) is 4.31 Å². The number of nitrogens with zero attached hydrogens (tertiary/aromatic N) is 2. The quantitative estimate of drug-likeness (QED) is 0.654. The van der Waals surface area contributed by atoms with Crippen LogP contribution in [0, 0.1) is 0 Å². The summed E-state index contributed by atoms with van der Waals surface area (Å²) >= 11 is 0. The van der Waals surface area contributed by atoms with Crippen LogP contribution in [0.4, 0.5) is 11.5 Å². The van der Waals surface area contributed by atoms with Crippen molar-refractivity contribution in [1.82, 2.24) is 9.29 Å². The zero-order valence-corrected chi connectivity index (χ0v) is 11.4. The van der Waals surface area contributed by atoms with Crippen LogP contribution in [-0.4, -0.2) is 55.2 Å². The first-order valence-electron chi connectivity index (χ1n) is 5.37. The summed E-state index contributed by atoms with van der Waals surface area (Å²) in [5.74, 6) is -1.22. The molecule has 0 amide bonds. The first-order chi connectivity index (χ1) is 8.74. The Morgan fingerprint density at radius 2 is 2.16 bits per heavy atom. The average molecular weight is 288 g/mol. The molecule has 8 nitrogen and oxygen atoms in total. The normalized spacial score (nSPS) is 11.5. The maximum Gasteiger partial charge on any atom is 0.337 e. The number of rotatable bonds is 6. The van der Waals surface area contributed by atoms with Crippen molar-refractivity contribution >= 4 is 27.5 Å². The minimum atomic E-state index is -3.33. The third-order valence-corrected chi connectivity index (χ3v) is 4.22. The van der Waals surface area contributed by atoms with Crippen molar-refractivity contribution in [2.45, 2.75) is 0 Å².